The third-order valence-electron chi connectivity index (χ3n) is 3.65. The standard InChI is InChI=1S/C18H17NO2S/c20-17(15-8-9-22-12-15)11-19-18(21)10-14-6-3-5-13-4-1-2-7-16(13)14/h1-9,12,17,20H,10-11H2,(H,19,21). The Morgan fingerprint density at radius 2 is 1.95 bits per heavy atom. The fourth-order valence-corrected chi connectivity index (χ4v) is 3.18. The first kappa shape index (κ1) is 14.8. The molecule has 0 aliphatic rings. The van der Waals surface area contributed by atoms with E-state index < -0.39 is 6.10 Å². The molecule has 22 heavy (non-hydrogen) atoms. The number of hydrogen-bond donors (Lipinski definition) is 2. The summed E-state index contributed by atoms with van der Waals surface area (Å²) in [6, 6.07) is 15.9. The minimum atomic E-state index is -0.650. The number of nitrogens with one attached hydrogen (secondary N) is 1. The van der Waals surface area contributed by atoms with Crippen LogP contribution in [-0.2, 0) is 11.2 Å². The molecule has 0 spiro atoms. The Morgan fingerprint density at radius 1 is 1.14 bits per heavy atom. The van der Waals surface area contributed by atoms with Crippen LogP contribution in [0.15, 0.2) is 59.3 Å². The third-order valence-corrected chi connectivity index (χ3v) is 4.35. The maximum atomic E-state index is 12.1. The van der Waals surface area contributed by atoms with E-state index >= 15 is 0 Å². The molecule has 0 bridgehead atoms. The second kappa shape index (κ2) is 6.73. The molecule has 112 valence electrons. The lowest BCUT2D eigenvalue weighted by Crippen LogP contribution is -2.29. The van der Waals surface area contributed by atoms with Gasteiger partial charge in [0.2, 0.25) is 5.91 Å². The van der Waals surface area contributed by atoms with Crippen LogP contribution in [0.3, 0.4) is 0 Å². The zero-order chi connectivity index (χ0) is 15.4. The van der Waals surface area contributed by atoms with Gasteiger partial charge in [-0.25, -0.2) is 0 Å². The molecule has 2 aromatic carbocycles. The molecule has 1 aromatic heterocycles. The largest absolute Gasteiger partial charge is 0.387 e. The van der Waals surface area contributed by atoms with E-state index in [0.717, 1.165) is 21.9 Å². The Kier molecular flexibility index (Phi) is 4.51. The lowest BCUT2D eigenvalue weighted by Gasteiger charge is -2.11. The third kappa shape index (κ3) is 3.35. The fraction of sp³-hybridized carbons (Fsp3) is 0.167. The predicted molar refractivity (Wildman–Crippen MR) is 89.9 cm³/mol. The highest BCUT2D eigenvalue weighted by Gasteiger charge is 2.11. The van der Waals surface area contributed by atoms with Gasteiger partial charge in [-0.2, -0.15) is 11.3 Å². The zero-order valence-electron chi connectivity index (χ0n) is 12.0. The van der Waals surface area contributed by atoms with Crippen molar-refractivity contribution >= 4 is 28.0 Å². The summed E-state index contributed by atoms with van der Waals surface area (Å²) in [5.74, 6) is -0.0781. The Balaban J connectivity index is 1.64. The van der Waals surface area contributed by atoms with Crippen LogP contribution < -0.4 is 5.32 Å². The molecule has 3 rings (SSSR count). The second-order valence-electron chi connectivity index (χ2n) is 5.19. The normalized spacial score (nSPS) is 12.2. The van der Waals surface area contributed by atoms with Crippen molar-refractivity contribution in [1.82, 2.24) is 5.32 Å². The Morgan fingerprint density at radius 3 is 2.77 bits per heavy atom. The molecule has 0 radical (unpaired) electrons. The fourth-order valence-electron chi connectivity index (χ4n) is 2.48. The molecule has 3 nitrogen and oxygen atoms in total. The smallest absolute Gasteiger partial charge is 0.224 e. The number of rotatable bonds is 5. The predicted octanol–water partition coefficient (Wildman–Crippen LogP) is 3.29. The van der Waals surface area contributed by atoms with Gasteiger partial charge in [0.1, 0.15) is 0 Å². The van der Waals surface area contributed by atoms with Crippen LogP contribution >= 0.6 is 11.3 Å². The number of carbonyl (C=O) groups excluding carboxylic acids is 1. The highest BCUT2D eigenvalue weighted by atomic mass is 32.1. The summed E-state index contributed by atoms with van der Waals surface area (Å²) in [7, 11) is 0. The van der Waals surface area contributed by atoms with Crippen LogP contribution in [0.5, 0.6) is 0 Å². The number of amides is 1. The van der Waals surface area contributed by atoms with Crippen molar-refractivity contribution in [2.45, 2.75) is 12.5 Å². The van der Waals surface area contributed by atoms with Crippen molar-refractivity contribution in [3.05, 3.63) is 70.4 Å². The van der Waals surface area contributed by atoms with Gasteiger partial charge in [0.05, 0.1) is 12.5 Å². The van der Waals surface area contributed by atoms with Crippen molar-refractivity contribution in [2.75, 3.05) is 6.54 Å². The van der Waals surface area contributed by atoms with Crippen LogP contribution in [0, 0.1) is 0 Å². The molecule has 0 saturated carbocycles. The number of hydrogen-bond acceptors (Lipinski definition) is 3. The molecule has 1 amide bonds. The number of aliphatic hydroxyl groups excluding tert-OH is 1. The number of carbonyl (C=O) groups is 1. The minimum absolute atomic E-state index is 0.0781. The van der Waals surface area contributed by atoms with E-state index in [0.29, 0.717) is 6.42 Å². The molecule has 4 heteroatoms. The van der Waals surface area contributed by atoms with Crippen molar-refractivity contribution < 1.29 is 9.90 Å². The Bertz CT molecular complexity index is 762. The van der Waals surface area contributed by atoms with Gasteiger partial charge in [0.15, 0.2) is 0 Å². The summed E-state index contributed by atoms with van der Waals surface area (Å²) >= 11 is 1.53. The maximum absolute atomic E-state index is 12.1. The van der Waals surface area contributed by atoms with Crippen molar-refractivity contribution in [3.63, 3.8) is 0 Å². The van der Waals surface area contributed by atoms with Crippen LogP contribution in [0.25, 0.3) is 10.8 Å². The molecule has 1 atom stereocenters. The summed E-state index contributed by atoms with van der Waals surface area (Å²) < 4.78 is 0. The van der Waals surface area contributed by atoms with Gasteiger partial charge in [0, 0.05) is 6.54 Å². The van der Waals surface area contributed by atoms with Crippen molar-refractivity contribution in [3.8, 4) is 0 Å². The molecule has 0 fully saturated rings. The highest BCUT2D eigenvalue weighted by Crippen LogP contribution is 2.19. The van der Waals surface area contributed by atoms with E-state index in [1.807, 2.05) is 59.3 Å². The van der Waals surface area contributed by atoms with Crippen LogP contribution in [-0.4, -0.2) is 17.6 Å². The van der Waals surface area contributed by atoms with Gasteiger partial charge in [-0.1, -0.05) is 42.5 Å². The molecule has 3 aromatic rings. The van der Waals surface area contributed by atoms with Crippen LogP contribution in [0.4, 0.5) is 0 Å². The van der Waals surface area contributed by atoms with Gasteiger partial charge >= 0.3 is 0 Å². The molecule has 0 saturated heterocycles. The van der Waals surface area contributed by atoms with E-state index in [-0.39, 0.29) is 12.5 Å². The van der Waals surface area contributed by atoms with Gasteiger partial charge in [-0.05, 0) is 38.7 Å². The van der Waals surface area contributed by atoms with E-state index in [1.165, 1.54) is 11.3 Å². The van der Waals surface area contributed by atoms with E-state index in [1.54, 1.807) is 0 Å². The summed E-state index contributed by atoms with van der Waals surface area (Å²) in [6.45, 7) is 0.236. The Labute approximate surface area is 133 Å². The lowest BCUT2D eigenvalue weighted by atomic mass is 10.0. The number of benzene rings is 2. The summed E-state index contributed by atoms with van der Waals surface area (Å²) in [5, 5.41) is 18.8. The highest BCUT2D eigenvalue weighted by molar-refractivity contribution is 7.07. The molecule has 2 N–H and O–H groups in total. The zero-order valence-corrected chi connectivity index (χ0v) is 12.8. The summed E-state index contributed by atoms with van der Waals surface area (Å²) in [4.78, 5) is 12.1. The second-order valence-corrected chi connectivity index (χ2v) is 5.97. The molecule has 1 heterocycles. The lowest BCUT2D eigenvalue weighted by molar-refractivity contribution is -0.120. The first-order valence-corrected chi connectivity index (χ1v) is 8.12. The minimum Gasteiger partial charge on any atom is -0.387 e. The SMILES string of the molecule is O=C(Cc1cccc2ccccc12)NCC(O)c1ccsc1. The van der Waals surface area contributed by atoms with Gasteiger partial charge < -0.3 is 10.4 Å². The summed E-state index contributed by atoms with van der Waals surface area (Å²) in [6.07, 6.45) is -0.333. The molecular formula is C18H17NO2S. The first-order chi connectivity index (χ1) is 10.7. The summed E-state index contributed by atoms with van der Waals surface area (Å²) in [5.41, 5.74) is 1.84. The van der Waals surface area contributed by atoms with Crippen LogP contribution in [0.2, 0.25) is 0 Å². The molecule has 0 aliphatic heterocycles. The average molecular weight is 311 g/mol. The van der Waals surface area contributed by atoms with E-state index in [2.05, 4.69) is 5.32 Å². The van der Waals surface area contributed by atoms with Gasteiger partial charge in [0.25, 0.3) is 0 Å². The van der Waals surface area contributed by atoms with Gasteiger partial charge in [-0.3, -0.25) is 4.79 Å². The topological polar surface area (TPSA) is 49.3 Å². The average Bonchev–Trinajstić information content (AvgIpc) is 3.07. The molecule has 0 aliphatic carbocycles. The molecule has 1 unspecified atom stereocenters. The number of fused-ring (bicyclic) bond motifs is 1. The van der Waals surface area contributed by atoms with Crippen LogP contribution in [0.1, 0.15) is 17.2 Å². The van der Waals surface area contributed by atoms with E-state index in [9.17, 15) is 9.90 Å². The maximum Gasteiger partial charge on any atom is 0.224 e. The monoisotopic (exact) mass is 311 g/mol. The number of aliphatic hydroxyl groups is 1. The molecular weight excluding hydrogens is 294 g/mol. The van der Waals surface area contributed by atoms with Crippen molar-refractivity contribution in [1.29, 1.82) is 0 Å². The van der Waals surface area contributed by atoms with E-state index in [4.69, 9.17) is 0 Å². The van der Waals surface area contributed by atoms with Gasteiger partial charge in [-0.15, -0.1) is 0 Å². The van der Waals surface area contributed by atoms with Crippen molar-refractivity contribution in [2.24, 2.45) is 0 Å². The first-order valence-electron chi connectivity index (χ1n) is 7.17. The quantitative estimate of drug-likeness (QED) is 0.759. The number of thiophene rings is 1. The Hall–Kier alpha value is -2.17.